The summed E-state index contributed by atoms with van der Waals surface area (Å²) in [5.74, 6) is 0.383. The van der Waals surface area contributed by atoms with Crippen LogP contribution in [-0.4, -0.2) is 63.4 Å². The highest BCUT2D eigenvalue weighted by Gasteiger charge is 2.24. The van der Waals surface area contributed by atoms with Gasteiger partial charge in [0.15, 0.2) is 0 Å². The van der Waals surface area contributed by atoms with Gasteiger partial charge >= 0.3 is 0 Å². The molecule has 2 N–H and O–H groups in total. The molecule has 1 heterocycles. The van der Waals surface area contributed by atoms with Crippen molar-refractivity contribution >= 4 is 5.91 Å². The molecule has 1 amide bonds. The number of hydrogen-bond donors (Lipinski definition) is 2. The van der Waals surface area contributed by atoms with Crippen molar-refractivity contribution < 1.29 is 13.9 Å². The molecule has 0 bridgehead atoms. The lowest BCUT2D eigenvalue weighted by Gasteiger charge is -2.15. The zero-order valence-electron chi connectivity index (χ0n) is 13.1. The van der Waals surface area contributed by atoms with Crippen molar-refractivity contribution in [3.8, 4) is 5.75 Å². The standard InChI is InChI=1S/C16H24FN3O2/c1-20(2)7-8-22-15-6-4-3-5-14(15)16(21)19-11-13-9-12(17)10-18-13/h3-6,12-13,18H,7-11H2,1-2H3,(H,19,21)/t12-,13-/m0/s1. The molecule has 1 aromatic rings. The molecule has 0 aromatic heterocycles. The van der Waals surface area contributed by atoms with Crippen molar-refractivity contribution in [2.24, 2.45) is 0 Å². The fourth-order valence-electron chi connectivity index (χ4n) is 2.35. The highest BCUT2D eigenvalue weighted by Crippen LogP contribution is 2.18. The highest BCUT2D eigenvalue weighted by atomic mass is 19.1. The Kier molecular flexibility index (Phi) is 6.15. The number of halogens is 1. The van der Waals surface area contributed by atoms with Crippen LogP contribution in [0.4, 0.5) is 4.39 Å². The fraction of sp³-hybridized carbons (Fsp3) is 0.562. The number of nitrogens with zero attached hydrogens (tertiary/aromatic N) is 1. The summed E-state index contributed by atoms with van der Waals surface area (Å²) >= 11 is 0. The lowest BCUT2D eigenvalue weighted by molar-refractivity contribution is 0.0945. The Balaban J connectivity index is 1.88. The van der Waals surface area contributed by atoms with Gasteiger partial charge in [0.05, 0.1) is 5.56 Å². The number of amides is 1. The molecule has 0 spiro atoms. The molecule has 1 aliphatic rings. The minimum absolute atomic E-state index is 0.000714. The van der Waals surface area contributed by atoms with Crippen LogP contribution in [0, 0.1) is 0 Å². The summed E-state index contributed by atoms with van der Waals surface area (Å²) < 4.78 is 18.8. The van der Waals surface area contributed by atoms with Gasteiger partial charge in [-0.05, 0) is 32.6 Å². The zero-order valence-corrected chi connectivity index (χ0v) is 13.1. The lowest BCUT2D eigenvalue weighted by Crippen LogP contribution is -2.37. The number of rotatable bonds is 7. The first-order valence-electron chi connectivity index (χ1n) is 7.58. The first-order valence-corrected chi connectivity index (χ1v) is 7.58. The van der Waals surface area contributed by atoms with Crippen molar-refractivity contribution in [1.82, 2.24) is 15.5 Å². The molecule has 6 heteroatoms. The van der Waals surface area contributed by atoms with E-state index in [-0.39, 0.29) is 11.9 Å². The molecule has 0 aliphatic carbocycles. The Morgan fingerprint density at radius 3 is 2.91 bits per heavy atom. The molecule has 5 nitrogen and oxygen atoms in total. The van der Waals surface area contributed by atoms with Crippen molar-refractivity contribution in [2.75, 3.05) is 40.3 Å². The van der Waals surface area contributed by atoms with E-state index in [1.165, 1.54) is 0 Å². The van der Waals surface area contributed by atoms with Crippen molar-refractivity contribution in [3.63, 3.8) is 0 Å². The second kappa shape index (κ2) is 8.10. The van der Waals surface area contributed by atoms with Crippen LogP contribution in [0.3, 0.4) is 0 Å². The monoisotopic (exact) mass is 309 g/mol. The van der Waals surface area contributed by atoms with Crippen LogP contribution in [0.5, 0.6) is 5.75 Å². The Morgan fingerprint density at radius 1 is 1.45 bits per heavy atom. The molecule has 22 heavy (non-hydrogen) atoms. The molecule has 0 saturated carbocycles. The summed E-state index contributed by atoms with van der Waals surface area (Å²) in [6, 6.07) is 7.17. The number of alkyl halides is 1. The number of benzene rings is 1. The summed E-state index contributed by atoms with van der Waals surface area (Å²) in [7, 11) is 3.93. The quantitative estimate of drug-likeness (QED) is 0.791. The smallest absolute Gasteiger partial charge is 0.255 e. The van der Waals surface area contributed by atoms with Gasteiger partial charge in [-0.15, -0.1) is 0 Å². The van der Waals surface area contributed by atoms with E-state index >= 15 is 0 Å². The Labute approximate surface area is 130 Å². The van der Waals surface area contributed by atoms with E-state index in [9.17, 15) is 9.18 Å². The number of carbonyl (C=O) groups excluding carboxylic acids is 1. The van der Waals surface area contributed by atoms with E-state index in [1.807, 2.05) is 25.1 Å². The first kappa shape index (κ1) is 16.7. The predicted molar refractivity (Wildman–Crippen MR) is 84.1 cm³/mol. The van der Waals surface area contributed by atoms with E-state index in [1.54, 1.807) is 18.2 Å². The van der Waals surface area contributed by atoms with Crippen molar-refractivity contribution in [2.45, 2.75) is 18.6 Å². The molecule has 1 fully saturated rings. The van der Waals surface area contributed by atoms with E-state index in [2.05, 4.69) is 10.6 Å². The van der Waals surface area contributed by atoms with Gasteiger partial charge < -0.3 is 20.3 Å². The van der Waals surface area contributed by atoms with Gasteiger partial charge in [-0.3, -0.25) is 4.79 Å². The second-order valence-corrected chi connectivity index (χ2v) is 5.80. The van der Waals surface area contributed by atoms with E-state index in [4.69, 9.17) is 4.74 Å². The van der Waals surface area contributed by atoms with Crippen LogP contribution in [0.1, 0.15) is 16.8 Å². The summed E-state index contributed by atoms with van der Waals surface area (Å²) in [6.45, 7) is 2.08. The summed E-state index contributed by atoms with van der Waals surface area (Å²) in [5.41, 5.74) is 0.510. The fourth-order valence-corrected chi connectivity index (χ4v) is 2.35. The number of ether oxygens (including phenoxy) is 1. The Hall–Kier alpha value is -1.66. The summed E-state index contributed by atoms with van der Waals surface area (Å²) in [4.78, 5) is 14.3. The maximum absolute atomic E-state index is 13.1. The highest BCUT2D eigenvalue weighted by molar-refractivity contribution is 5.96. The van der Waals surface area contributed by atoms with Gasteiger partial charge in [-0.2, -0.15) is 0 Å². The third-order valence-electron chi connectivity index (χ3n) is 3.61. The second-order valence-electron chi connectivity index (χ2n) is 5.80. The number of likely N-dealkylation sites (N-methyl/N-ethyl adjacent to an activating group) is 1. The largest absolute Gasteiger partial charge is 0.491 e. The van der Waals surface area contributed by atoms with E-state index in [0.717, 1.165) is 6.54 Å². The van der Waals surface area contributed by atoms with Crippen molar-refractivity contribution in [3.05, 3.63) is 29.8 Å². The van der Waals surface area contributed by atoms with Crippen LogP contribution in [0.15, 0.2) is 24.3 Å². The minimum atomic E-state index is -0.816. The number of carbonyl (C=O) groups is 1. The molecular formula is C16H24FN3O2. The molecule has 0 radical (unpaired) electrons. The van der Waals surface area contributed by atoms with E-state index in [0.29, 0.717) is 37.4 Å². The summed E-state index contributed by atoms with van der Waals surface area (Å²) in [6.07, 6.45) is -0.370. The van der Waals surface area contributed by atoms with Crippen LogP contribution in [0.2, 0.25) is 0 Å². The van der Waals surface area contributed by atoms with Gasteiger partial charge in [-0.25, -0.2) is 4.39 Å². The Bertz CT molecular complexity index is 496. The summed E-state index contributed by atoms with van der Waals surface area (Å²) in [5, 5.41) is 5.89. The topological polar surface area (TPSA) is 53.6 Å². The normalized spacial score (nSPS) is 21.1. The van der Waals surface area contributed by atoms with Crippen LogP contribution < -0.4 is 15.4 Å². The van der Waals surface area contributed by atoms with Crippen LogP contribution >= 0.6 is 0 Å². The van der Waals surface area contributed by atoms with Crippen LogP contribution in [-0.2, 0) is 0 Å². The first-order chi connectivity index (χ1) is 10.6. The molecule has 1 aromatic carbocycles. The average Bonchev–Trinajstić information content (AvgIpc) is 2.90. The molecule has 122 valence electrons. The molecule has 2 atom stereocenters. The molecule has 0 unspecified atom stereocenters. The SMILES string of the molecule is CN(C)CCOc1ccccc1C(=O)NC[C@@H]1C[C@H](F)CN1. The molecular weight excluding hydrogens is 285 g/mol. The maximum atomic E-state index is 13.1. The average molecular weight is 309 g/mol. The third-order valence-corrected chi connectivity index (χ3v) is 3.61. The van der Waals surface area contributed by atoms with Gasteiger partial charge in [0.25, 0.3) is 5.91 Å². The van der Waals surface area contributed by atoms with Gasteiger partial charge in [-0.1, -0.05) is 12.1 Å². The zero-order chi connectivity index (χ0) is 15.9. The number of hydrogen-bond acceptors (Lipinski definition) is 4. The lowest BCUT2D eigenvalue weighted by atomic mass is 10.1. The molecule has 1 aliphatic heterocycles. The Morgan fingerprint density at radius 2 is 2.23 bits per heavy atom. The van der Waals surface area contributed by atoms with E-state index < -0.39 is 6.17 Å². The molecule has 1 saturated heterocycles. The third kappa shape index (κ3) is 4.96. The van der Waals surface area contributed by atoms with Crippen LogP contribution in [0.25, 0.3) is 0 Å². The maximum Gasteiger partial charge on any atom is 0.255 e. The van der Waals surface area contributed by atoms with Crippen molar-refractivity contribution in [1.29, 1.82) is 0 Å². The molecule has 2 rings (SSSR count). The van der Waals surface area contributed by atoms with Gasteiger partial charge in [0.2, 0.25) is 0 Å². The minimum Gasteiger partial charge on any atom is -0.491 e. The van der Waals surface area contributed by atoms with Gasteiger partial charge in [0, 0.05) is 25.7 Å². The number of para-hydroxylation sites is 1. The van der Waals surface area contributed by atoms with Gasteiger partial charge in [0.1, 0.15) is 18.5 Å². The number of nitrogens with one attached hydrogen (secondary N) is 2. The predicted octanol–water partition coefficient (Wildman–Crippen LogP) is 1.06.